The lowest BCUT2D eigenvalue weighted by molar-refractivity contribution is -0.118. The summed E-state index contributed by atoms with van der Waals surface area (Å²) in [6.45, 7) is 2.34. The first kappa shape index (κ1) is 18.0. The summed E-state index contributed by atoms with van der Waals surface area (Å²) < 4.78 is 8.03. The van der Waals surface area contributed by atoms with Gasteiger partial charge in [-0.25, -0.2) is 0 Å². The zero-order chi connectivity index (χ0) is 17.1. The van der Waals surface area contributed by atoms with E-state index >= 15 is 0 Å². The summed E-state index contributed by atoms with van der Waals surface area (Å²) in [7, 11) is 1.52. The van der Waals surface area contributed by atoms with Crippen molar-refractivity contribution in [2.45, 2.75) is 19.9 Å². The van der Waals surface area contributed by atoms with Crippen LogP contribution in [0.3, 0.4) is 0 Å². The molecule has 23 heavy (non-hydrogen) atoms. The Bertz CT molecular complexity index is 809. The molecule has 0 radical (unpaired) electrons. The number of nitrogens with zero attached hydrogens (tertiary/aromatic N) is 1. The van der Waals surface area contributed by atoms with Gasteiger partial charge in [-0.2, -0.15) is 0 Å². The molecular formula is C16H15BrCl2N2O2. The second-order valence-electron chi connectivity index (χ2n) is 4.89. The van der Waals surface area contributed by atoms with Crippen LogP contribution in [0.25, 0.3) is 10.9 Å². The van der Waals surface area contributed by atoms with Crippen molar-refractivity contribution in [1.82, 2.24) is 9.88 Å². The highest BCUT2D eigenvalue weighted by molar-refractivity contribution is 9.10. The largest absolute Gasteiger partial charge is 0.494 e. The summed E-state index contributed by atoms with van der Waals surface area (Å²) in [6.07, 6.45) is 6.06. The molecule has 1 amide bonds. The van der Waals surface area contributed by atoms with Crippen molar-refractivity contribution in [3.63, 3.8) is 0 Å². The number of hydrogen-bond acceptors (Lipinski definition) is 2. The van der Waals surface area contributed by atoms with Gasteiger partial charge in [0.15, 0.2) is 5.75 Å². The van der Waals surface area contributed by atoms with E-state index in [0.717, 1.165) is 21.1 Å². The lowest BCUT2D eigenvalue weighted by Gasteiger charge is -2.09. The molecule has 7 heteroatoms. The van der Waals surface area contributed by atoms with Crippen molar-refractivity contribution in [3.05, 3.63) is 26.3 Å². The molecule has 0 saturated heterocycles. The van der Waals surface area contributed by atoms with Crippen LogP contribution in [0.15, 0.2) is 10.7 Å². The molecule has 0 aliphatic rings. The normalized spacial score (nSPS) is 10.6. The van der Waals surface area contributed by atoms with Crippen molar-refractivity contribution in [1.29, 1.82) is 0 Å². The summed E-state index contributed by atoms with van der Waals surface area (Å²) >= 11 is 16.3. The lowest BCUT2D eigenvalue weighted by Crippen LogP contribution is -2.22. The minimum Gasteiger partial charge on any atom is -0.494 e. The Kier molecular flexibility index (Phi) is 5.85. The van der Waals surface area contributed by atoms with Crippen LogP contribution in [0.4, 0.5) is 0 Å². The monoisotopic (exact) mass is 416 g/mol. The number of carbonyl (C=O) groups is 1. The van der Waals surface area contributed by atoms with E-state index in [2.05, 4.69) is 27.2 Å². The van der Waals surface area contributed by atoms with Gasteiger partial charge in [-0.3, -0.25) is 4.79 Å². The lowest BCUT2D eigenvalue weighted by atomic mass is 10.1. The summed E-state index contributed by atoms with van der Waals surface area (Å²) in [4.78, 5) is 11.1. The van der Waals surface area contributed by atoms with E-state index in [1.54, 1.807) is 6.07 Å². The van der Waals surface area contributed by atoms with Gasteiger partial charge in [0.25, 0.3) is 0 Å². The van der Waals surface area contributed by atoms with Crippen molar-refractivity contribution in [2.75, 3.05) is 13.7 Å². The van der Waals surface area contributed by atoms with Crippen LogP contribution in [0, 0.1) is 12.3 Å². The average molecular weight is 418 g/mol. The molecule has 0 saturated carbocycles. The van der Waals surface area contributed by atoms with Gasteiger partial charge >= 0.3 is 0 Å². The quantitative estimate of drug-likeness (QED) is 0.746. The highest BCUT2D eigenvalue weighted by atomic mass is 79.9. The zero-order valence-corrected chi connectivity index (χ0v) is 15.8. The van der Waals surface area contributed by atoms with Gasteiger partial charge in [-0.15, -0.1) is 6.42 Å². The molecule has 0 aliphatic carbocycles. The van der Waals surface area contributed by atoms with Gasteiger partial charge in [0.2, 0.25) is 5.91 Å². The predicted molar refractivity (Wildman–Crippen MR) is 97.4 cm³/mol. The van der Waals surface area contributed by atoms with Gasteiger partial charge in [-0.05, 0) is 34.0 Å². The molecular weight excluding hydrogens is 403 g/mol. The molecule has 2 aromatic rings. The smallest absolute Gasteiger partial charge is 0.216 e. The van der Waals surface area contributed by atoms with Crippen molar-refractivity contribution < 1.29 is 9.53 Å². The first-order valence-corrected chi connectivity index (χ1v) is 8.37. The number of carbonyl (C=O) groups excluding carboxylic acids is 1. The Hall–Kier alpha value is -1.35. The van der Waals surface area contributed by atoms with Crippen LogP contribution >= 0.6 is 39.1 Å². The predicted octanol–water partition coefficient (Wildman–Crippen LogP) is 4.03. The Morgan fingerprint density at radius 3 is 2.78 bits per heavy atom. The Balaban J connectivity index is 2.66. The number of fused-ring (bicyclic) bond motifs is 1. The third-order valence-electron chi connectivity index (χ3n) is 3.44. The second kappa shape index (κ2) is 7.48. The molecule has 0 fully saturated rings. The molecule has 0 atom stereocenters. The SMILES string of the molecule is C#CCn1c(Br)c(CCNC(C)=O)c2c(Cl)c(OC)c(Cl)cc21. The highest BCUT2D eigenvalue weighted by Crippen LogP contribution is 2.44. The van der Waals surface area contributed by atoms with Crippen LogP contribution in [-0.2, 0) is 17.8 Å². The fraction of sp³-hybridized carbons (Fsp3) is 0.312. The summed E-state index contributed by atoms with van der Waals surface area (Å²) in [6, 6.07) is 1.78. The Labute approximate surface area is 153 Å². The number of rotatable bonds is 5. The fourth-order valence-corrected chi connectivity index (χ4v) is 3.91. The first-order valence-electron chi connectivity index (χ1n) is 6.82. The number of methoxy groups -OCH3 is 1. The number of terminal acetylenes is 1. The third kappa shape index (κ3) is 3.45. The van der Waals surface area contributed by atoms with Gasteiger partial charge in [-0.1, -0.05) is 29.1 Å². The maximum Gasteiger partial charge on any atom is 0.216 e. The average Bonchev–Trinajstić information content (AvgIpc) is 2.73. The molecule has 4 nitrogen and oxygen atoms in total. The molecule has 1 heterocycles. The Morgan fingerprint density at radius 1 is 1.52 bits per heavy atom. The molecule has 0 spiro atoms. The molecule has 1 aromatic heterocycles. The molecule has 0 bridgehead atoms. The number of hydrogen-bond donors (Lipinski definition) is 1. The Morgan fingerprint density at radius 2 is 2.22 bits per heavy atom. The van der Waals surface area contributed by atoms with E-state index in [1.165, 1.54) is 14.0 Å². The molecule has 2 rings (SSSR count). The molecule has 0 unspecified atom stereocenters. The number of halogens is 3. The van der Waals surface area contributed by atoms with Crippen molar-refractivity contribution in [3.8, 4) is 18.1 Å². The maximum absolute atomic E-state index is 11.1. The van der Waals surface area contributed by atoms with E-state index in [-0.39, 0.29) is 5.91 Å². The van der Waals surface area contributed by atoms with Gasteiger partial charge in [0, 0.05) is 18.9 Å². The van der Waals surface area contributed by atoms with Gasteiger partial charge in [0.05, 0.1) is 33.8 Å². The summed E-state index contributed by atoms with van der Waals surface area (Å²) in [5.41, 5.74) is 1.77. The number of nitrogens with one attached hydrogen (secondary N) is 1. The van der Waals surface area contributed by atoms with Crippen LogP contribution in [0.5, 0.6) is 5.75 Å². The molecule has 1 aromatic carbocycles. The molecule has 122 valence electrons. The van der Waals surface area contributed by atoms with Crippen LogP contribution in [-0.4, -0.2) is 24.1 Å². The van der Waals surface area contributed by atoms with Crippen LogP contribution < -0.4 is 10.1 Å². The first-order chi connectivity index (χ1) is 10.9. The van der Waals surface area contributed by atoms with Crippen LogP contribution in [0.1, 0.15) is 12.5 Å². The van der Waals surface area contributed by atoms with Crippen molar-refractivity contribution in [2.24, 2.45) is 0 Å². The topological polar surface area (TPSA) is 43.3 Å². The van der Waals surface area contributed by atoms with E-state index in [1.807, 2.05) is 4.57 Å². The van der Waals surface area contributed by atoms with Crippen molar-refractivity contribution >= 4 is 55.9 Å². The minimum absolute atomic E-state index is 0.0831. The number of benzene rings is 1. The van der Waals surface area contributed by atoms with E-state index in [9.17, 15) is 4.79 Å². The van der Waals surface area contributed by atoms with E-state index in [4.69, 9.17) is 34.4 Å². The zero-order valence-electron chi connectivity index (χ0n) is 12.7. The number of aromatic nitrogens is 1. The van der Waals surface area contributed by atoms with Crippen LogP contribution in [0.2, 0.25) is 10.0 Å². The second-order valence-corrected chi connectivity index (χ2v) is 6.43. The number of amides is 1. The van der Waals surface area contributed by atoms with Gasteiger partial charge < -0.3 is 14.6 Å². The van der Waals surface area contributed by atoms with Gasteiger partial charge in [0.1, 0.15) is 0 Å². The minimum atomic E-state index is -0.0831. The summed E-state index contributed by atoms with van der Waals surface area (Å²) in [5.74, 6) is 2.96. The third-order valence-corrected chi connectivity index (χ3v) is 4.98. The highest BCUT2D eigenvalue weighted by Gasteiger charge is 2.21. The molecule has 1 N–H and O–H groups in total. The standard InChI is InChI=1S/C16H15BrCl2N2O2/c1-4-7-21-12-8-11(18)15(23-3)14(19)13(12)10(16(21)17)5-6-20-9(2)22/h1,8H,5-7H2,2-3H3,(H,20,22). The van der Waals surface area contributed by atoms with E-state index < -0.39 is 0 Å². The number of ether oxygens (including phenoxy) is 1. The van der Waals surface area contributed by atoms with E-state index in [0.29, 0.717) is 35.3 Å². The molecule has 0 aliphatic heterocycles. The maximum atomic E-state index is 11.1. The fourth-order valence-electron chi connectivity index (χ4n) is 2.48. The summed E-state index contributed by atoms with van der Waals surface area (Å²) in [5, 5.41) is 4.45.